The third kappa shape index (κ3) is 2.94. The minimum Gasteiger partial charge on any atom is -0.324 e. The van der Waals surface area contributed by atoms with Gasteiger partial charge in [-0.15, -0.1) is 0 Å². The second-order valence-electron chi connectivity index (χ2n) is 4.49. The molecule has 0 saturated carbocycles. The Balaban J connectivity index is 2.31. The molecule has 2 rings (SSSR count). The van der Waals surface area contributed by atoms with Crippen LogP contribution in [0.25, 0.3) is 0 Å². The van der Waals surface area contributed by atoms with Crippen LogP contribution in [0.4, 0.5) is 8.78 Å². The smallest absolute Gasteiger partial charge is 0.129 e. The van der Waals surface area contributed by atoms with E-state index in [0.29, 0.717) is 10.6 Å². The highest BCUT2D eigenvalue weighted by molar-refractivity contribution is 6.32. The molecule has 0 fully saturated rings. The molecule has 4 heteroatoms. The third-order valence-corrected chi connectivity index (χ3v) is 3.62. The fraction of sp³-hybridized carbons (Fsp3) is 0.200. The zero-order valence-electron chi connectivity index (χ0n) is 10.5. The molecule has 100 valence electrons. The third-order valence-electron chi connectivity index (χ3n) is 3.11. The number of hydrogen-bond donors (Lipinski definition) is 1. The normalized spacial score (nSPS) is 12.5. The van der Waals surface area contributed by atoms with E-state index in [2.05, 4.69) is 0 Å². The minimum absolute atomic E-state index is 0.00688. The Bertz CT molecular complexity index is 578. The lowest BCUT2D eigenvalue weighted by atomic mass is 9.97. The number of aryl methyl sites for hydroxylation is 1. The molecule has 0 aliphatic carbocycles. The Kier molecular flexibility index (Phi) is 4.17. The standard InChI is InChI=1S/C15H14ClF2N/c1-9-4-2-5-10(15(9)16)14(19)8-11-12(17)6-3-7-13(11)18/h2-7,14H,8,19H2,1H3. The Morgan fingerprint density at radius 2 is 1.68 bits per heavy atom. The summed E-state index contributed by atoms with van der Waals surface area (Å²) < 4.78 is 27.2. The first kappa shape index (κ1) is 14.0. The van der Waals surface area contributed by atoms with E-state index in [4.69, 9.17) is 17.3 Å². The molecule has 0 spiro atoms. The molecule has 2 aromatic carbocycles. The molecule has 1 unspecified atom stereocenters. The zero-order valence-corrected chi connectivity index (χ0v) is 11.2. The van der Waals surface area contributed by atoms with Gasteiger partial charge >= 0.3 is 0 Å². The van der Waals surface area contributed by atoms with Gasteiger partial charge in [-0.1, -0.05) is 35.9 Å². The van der Waals surface area contributed by atoms with Crippen LogP contribution in [0.1, 0.15) is 22.7 Å². The summed E-state index contributed by atoms with van der Waals surface area (Å²) in [4.78, 5) is 0. The van der Waals surface area contributed by atoms with Crippen molar-refractivity contribution in [2.45, 2.75) is 19.4 Å². The van der Waals surface area contributed by atoms with Crippen molar-refractivity contribution in [3.63, 3.8) is 0 Å². The van der Waals surface area contributed by atoms with E-state index >= 15 is 0 Å². The average Bonchev–Trinajstić information content (AvgIpc) is 2.37. The van der Waals surface area contributed by atoms with Gasteiger partial charge in [0.1, 0.15) is 11.6 Å². The van der Waals surface area contributed by atoms with Gasteiger partial charge in [-0.2, -0.15) is 0 Å². The maximum absolute atomic E-state index is 13.6. The molecule has 0 radical (unpaired) electrons. The summed E-state index contributed by atoms with van der Waals surface area (Å²) in [5.74, 6) is -1.17. The van der Waals surface area contributed by atoms with Crippen molar-refractivity contribution in [2.75, 3.05) is 0 Å². The van der Waals surface area contributed by atoms with Crippen LogP contribution in [-0.2, 0) is 6.42 Å². The van der Waals surface area contributed by atoms with Crippen molar-refractivity contribution in [3.05, 3.63) is 69.7 Å². The highest BCUT2D eigenvalue weighted by Crippen LogP contribution is 2.28. The highest BCUT2D eigenvalue weighted by Gasteiger charge is 2.16. The van der Waals surface area contributed by atoms with Crippen LogP contribution >= 0.6 is 11.6 Å². The van der Waals surface area contributed by atoms with Crippen molar-refractivity contribution >= 4 is 11.6 Å². The number of benzene rings is 2. The topological polar surface area (TPSA) is 26.0 Å². The molecule has 1 nitrogen and oxygen atoms in total. The lowest BCUT2D eigenvalue weighted by Gasteiger charge is -2.16. The van der Waals surface area contributed by atoms with Crippen LogP contribution < -0.4 is 5.73 Å². The molecule has 0 aromatic heterocycles. The molecule has 0 heterocycles. The van der Waals surface area contributed by atoms with Crippen molar-refractivity contribution in [3.8, 4) is 0 Å². The molecule has 0 aliphatic heterocycles. The van der Waals surface area contributed by atoms with E-state index in [9.17, 15) is 8.78 Å². The quantitative estimate of drug-likeness (QED) is 0.898. The summed E-state index contributed by atoms with van der Waals surface area (Å²) in [6.07, 6.45) is 0.0711. The molecular formula is C15H14ClF2N. The van der Waals surface area contributed by atoms with Gasteiger partial charge in [0.05, 0.1) is 0 Å². The molecule has 0 saturated heterocycles. The van der Waals surface area contributed by atoms with Gasteiger partial charge in [0.15, 0.2) is 0 Å². The maximum atomic E-state index is 13.6. The van der Waals surface area contributed by atoms with Crippen molar-refractivity contribution < 1.29 is 8.78 Å². The van der Waals surface area contributed by atoms with Gasteiger partial charge in [-0.3, -0.25) is 0 Å². The summed E-state index contributed by atoms with van der Waals surface area (Å²) in [7, 11) is 0. The molecule has 19 heavy (non-hydrogen) atoms. The molecule has 2 aromatic rings. The fourth-order valence-corrected chi connectivity index (χ4v) is 2.28. The summed E-state index contributed by atoms with van der Waals surface area (Å²) >= 11 is 6.17. The first-order valence-electron chi connectivity index (χ1n) is 5.94. The summed E-state index contributed by atoms with van der Waals surface area (Å²) in [6, 6.07) is 8.71. The molecule has 2 N–H and O–H groups in total. The van der Waals surface area contributed by atoms with Crippen LogP contribution in [0.5, 0.6) is 0 Å². The number of nitrogens with two attached hydrogens (primary N) is 1. The van der Waals surface area contributed by atoms with Crippen LogP contribution in [0.2, 0.25) is 5.02 Å². The van der Waals surface area contributed by atoms with Crippen LogP contribution in [0.15, 0.2) is 36.4 Å². The summed E-state index contributed by atoms with van der Waals surface area (Å²) in [6.45, 7) is 1.86. The average molecular weight is 282 g/mol. The predicted molar refractivity (Wildman–Crippen MR) is 73.2 cm³/mol. The largest absolute Gasteiger partial charge is 0.324 e. The molecule has 1 atom stereocenters. The molecule has 0 amide bonds. The van der Waals surface area contributed by atoms with Crippen LogP contribution in [0.3, 0.4) is 0 Å². The second-order valence-corrected chi connectivity index (χ2v) is 4.87. The van der Waals surface area contributed by atoms with E-state index in [1.807, 2.05) is 19.1 Å². The summed E-state index contributed by atoms with van der Waals surface area (Å²) in [5, 5.41) is 0.548. The van der Waals surface area contributed by atoms with Gasteiger partial charge in [-0.05, 0) is 36.6 Å². The zero-order chi connectivity index (χ0) is 14.0. The lowest BCUT2D eigenvalue weighted by Crippen LogP contribution is -2.16. The van der Waals surface area contributed by atoms with E-state index in [-0.39, 0.29) is 12.0 Å². The molecular weight excluding hydrogens is 268 g/mol. The minimum atomic E-state index is -0.584. The van der Waals surface area contributed by atoms with E-state index in [1.54, 1.807) is 6.07 Å². The fourth-order valence-electron chi connectivity index (χ4n) is 2.01. The Hall–Kier alpha value is -1.45. The first-order chi connectivity index (χ1) is 9.00. The maximum Gasteiger partial charge on any atom is 0.129 e. The van der Waals surface area contributed by atoms with E-state index in [0.717, 1.165) is 5.56 Å². The van der Waals surface area contributed by atoms with E-state index in [1.165, 1.54) is 18.2 Å². The predicted octanol–water partition coefficient (Wildman–Crippen LogP) is 4.17. The number of halogens is 3. The number of hydrogen-bond acceptors (Lipinski definition) is 1. The Labute approximate surface area is 116 Å². The lowest BCUT2D eigenvalue weighted by molar-refractivity contribution is 0.540. The summed E-state index contributed by atoms with van der Waals surface area (Å²) in [5.41, 5.74) is 7.60. The van der Waals surface area contributed by atoms with Crippen molar-refractivity contribution in [1.82, 2.24) is 0 Å². The second kappa shape index (κ2) is 5.68. The van der Waals surface area contributed by atoms with Crippen LogP contribution in [0, 0.1) is 18.6 Å². The van der Waals surface area contributed by atoms with Gasteiger partial charge in [-0.25, -0.2) is 8.78 Å². The van der Waals surface area contributed by atoms with Crippen molar-refractivity contribution in [2.24, 2.45) is 5.73 Å². The monoisotopic (exact) mass is 281 g/mol. The SMILES string of the molecule is Cc1cccc(C(N)Cc2c(F)cccc2F)c1Cl. The van der Waals surface area contributed by atoms with Gasteiger partial charge in [0.2, 0.25) is 0 Å². The Morgan fingerprint density at radius 1 is 1.11 bits per heavy atom. The van der Waals surface area contributed by atoms with Gasteiger partial charge in [0.25, 0.3) is 0 Å². The van der Waals surface area contributed by atoms with Gasteiger partial charge in [0, 0.05) is 16.6 Å². The number of rotatable bonds is 3. The van der Waals surface area contributed by atoms with Gasteiger partial charge < -0.3 is 5.73 Å². The molecule has 0 aliphatic rings. The van der Waals surface area contributed by atoms with Crippen LogP contribution in [-0.4, -0.2) is 0 Å². The Morgan fingerprint density at radius 3 is 2.32 bits per heavy atom. The first-order valence-corrected chi connectivity index (χ1v) is 6.32. The van der Waals surface area contributed by atoms with E-state index < -0.39 is 17.7 Å². The molecule has 0 bridgehead atoms. The highest BCUT2D eigenvalue weighted by atomic mass is 35.5. The van der Waals surface area contributed by atoms with Crippen molar-refractivity contribution in [1.29, 1.82) is 0 Å².